The minimum Gasteiger partial charge on any atom is -0.351 e. The lowest BCUT2D eigenvalue weighted by atomic mass is 10.2. The van der Waals surface area contributed by atoms with Crippen molar-refractivity contribution in [3.05, 3.63) is 60.7 Å². The molecule has 0 aliphatic rings. The first-order valence-electron chi connectivity index (χ1n) is 6.41. The van der Waals surface area contributed by atoms with Gasteiger partial charge in [0.1, 0.15) is 0 Å². The molecule has 0 fully saturated rings. The van der Waals surface area contributed by atoms with E-state index in [0.717, 1.165) is 15.3 Å². The molecule has 1 N–H and O–H groups in total. The largest absolute Gasteiger partial charge is 0.351 e. The zero-order valence-electron chi connectivity index (χ0n) is 11.5. The normalized spacial score (nSPS) is 10.4. The van der Waals surface area contributed by atoms with Crippen LogP contribution in [0.2, 0.25) is 0 Å². The van der Waals surface area contributed by atoms with Gasteiger partial charge in [-0.05, 0) is 34.1 Å². The predicted molar refractivity (Wildman–Crippen MR) is 93.6 cm³/mol. The molecule has 1 aromatic heterocycles. The second-order valence-corrected chi connectivity index (χ2v) is 7.97. The van der Waals surface area contributed by atoms with Crippen LogP contribution in [0.3, 0.4) is 0 Å². The average molecular weight is 401 g/mol. The Morgan fingerprint density at radius 3 is 2.86 bits per heavy atom. The van der Waals surface area contributed by atoms with E-state index in [0.29, 0.717) is 12.1 Å². The number of nitro benzene ring substituents is 1. The number of amides is 1. The van der Waals surface area contributed by atoms with Gasteiger partial charge in [-0.25, -0.2) is 0 Å². The van der Waals surface area contributed by atoms with Gasteiger partial charge < -0.3 is 5.32 Å². The number of hydrogen-bond donors (Lipinski definition) is 1. The van der Waals surface area contributed by atoms with Crippen LogP contribution in [0.25, 0.3) is 0 Å². The van der Waals surface area contributed by atoms with Crippen molar-refractivity contribution in [2.45, 2.75) is 5.75 Å². The summed E-state index contributed by atoms with van der Waals surface area (Å²) in [5.74, 6) is 1.40. The van der Waals surface area contributed by atoms with E-state index < -0.39 is 4.92 Å². The van der Waals surface area contributed by atoms with Crippen LogP contribution in [0.4, 0.5) is 5.69 Å². The molecule has 5 nitrogen and oxygen atoms in total. The highest BCUT2D eigenvalue weighted by molar-refractivity contribution is 9.11. The number of carbonyl (C=O) groups is 1. The first-order valence-corrected chi connectivity index (χ1v) is 9.17. The Kier molecular flexibility index (Phi) is 6.41. The fourth-order valence-electron chi connectivity index (χ4n) is 1.70. The molecule has 1 heterocycles. The van der Waals surface area contributed by atoms with E-state index in [1.807, 2.05) is 6.07 Å². The van der Waals surface area contributed by atoms with Gasteiger partial charge in [0, 0.05) is 40.6 Å². The van der Waals surface area contributed by atoms with Crippen molar-refractivity contribution in [1.29, 1.82) is 0 Å². The molecule has 0 spiro atoms. The first-order chi connectivity index (χ1) is 10.6. The summed E-state index contributed by atoms with van der Waals surface area (Å²) in [6.45, 7) is 0.527. The number of nitro groups is 1. The second kappa shape index (κ2) is 8.30. The number of benzene rings is 1. The Bertz CT molecular complexity index is 676. The summed E-state index contributed by atoms with van der Waals surface area (Å²) in [6, 6.07) is 9.82. The molecule has 0 aliphatic heterocycles. The Morgan fingerprint density at radius 2 is 2.18 bits per heavy atom. The molecule has 1 aromatic carbocycles. The van der Waals surface area contributed by atoms with E-state index in [1.54, 1.807) is 29.2 Å². The summed E-state index contributed by atoms with van der Waals surface area (Å²) in [5, 5.41) is 13.4. The highest BCUT2D eigenvalue weighted by atomic mass is 79.9. The molecule has 1 amide bonds. The van der Waals surface area contributed by atoms with E-state index in [-0.39, 0.29) is 11.6 Å². The average Bonchev–Trinajstić information content (AvgIpc) is 2.92. The number of rotatable bonds is 7. The molecular weight excluding hydrogens is 388 g/mol. The van der Waals surface area contributed by atoms with Crippen LogP contribution >= 0.6 is 39.0 Å². The predicted octanol–water partition coefficient (Wildman–Crippen LogP) is 4.08. The van der Waals surface area contributed by atoms with Crippen LogP contribution < -0.4 is 5.32 Å². The van der Waals surface area contributed by atoms with Crippen LogP contribution in [0.15, 0.2) is 40.2 Å². The van der Waals surface area contributed by atoms with E-state index in [1.165, 1.54) is 23.1 Å². The van der Waals surface area contributed by atoms with E-state index in [4.69, 9.17) is 0 Å². The molecule has 0 saturated heterocycles. The standard InChI is InChI=1S/C14H13BrN2O3S2/c15-13-5-4-12(22-13)9-21-7-6-16-14(18)10-2-1-3-11(8-10)17(19)20/h1-5,8H,6-7,9H2,(H,16,18). The van der Waals surface area contributed by atoms with Crippen molar-refractivity contribution in [3.63, 3.8) is 0 Å². The minimum atomic E-state index is -0.508. The number of nitrogens with one attached hydrogen (secondary N) is 1. The summed E-state index contributed by atoms with van der Waals surface area (Å²) in [5.41, 5.74) is 0.228. The third-order valence-corrected chi connectivity index (χ3v) is 5.54. The minimum absolute atomic E-state index is 0.0784. The number of halogens is 1. The Morgan fingerprint density at radius 1 is 1.36 bits per heavy atom. The third-order valence-electron chi connectivity index (χ3n) is 2.72. The zero-order valence-corrected chi connectivity index (χ0v) is 14.7. The van der Waals surface area contributed by atoms with Crippen molar-refractivity contribution in [1.82, 2.24) is 5.32 Å². The van der Waals surface area contributed by atoms with Gasteiger partial charge in [-0.15, -0.1) is 11.3 Å². The number of thiophene rings is 1. The molecule has 2 rings (SSSR count). The van der Waals surface area contributed by atoms with Crippen molar-refractivity contribution < 1.29 is 9.72 Å². The molecule has 8 heteroatoms. The number of carbonyl (C=O) groups excluding carboxylic acids is 1. The van der Waals surface area contributed by atoms with Gasteiger partial charge in [0.25, 0.3) is 11.6 Å². The summed E-state index contributed by atoms with van der Waals surface area (Å²) in [7, 11) is 0. The maximum Gasteiger partial charge on any atom is 0.270 e. The van der Waals surface area contributed by atoms with E-state index in [2.05, 4.69) is 27.3 Å². The molecule has 116 valence electrons. The SMILES string of the molecule is O=C(NCCSCc1ccc(Br)s1)c1cccc([N+](=O)[O-])c1. The Labute approximate surface area is 144 Å². The number of nitrogens with zero attached hydrogens (tertiary/aromatic N) is 1. The van der Waals surface area contributed by atoms with Crippen LogP contribution in [0.1, 0.15) is 15.2 Å². The molecular formula is C14H13BrN2O3S2. The lowest BCUT2D eigenvalue weighted by Crippen LogP contribution is -2.25. The van der Waals surface area contributed by atoms with E-state index in [9.17, 15) is 14.9 Å². The topological polar surface area (TPSA) is 72.2 Å². The number of thioether (sulfide) groups is 1. The number of hydrogen-bond acceptors (Lipinski definition) is 5. The lowest BCUT2D eigenvalue weighted by Gasteiger charge is -2.05. The zero-order chi connectivity index (χ0) is 15.9. The van der Waals surface area contributed by atoms with Crippen LogP contribution in [-0.2, 0) is 5.75 Å². The smallest absolute Gasteiger partial charge is 0.270 e. The maximum absolute atomic E-state index is 11.9. The first kappa shape index (κ1) is 17.0. The third kappa shape index (κ3) is 5.11. The number of non-ortho nitro benzene ring substituents is 1. The Hall–Kier alpha value is -1.38. The van der Waals surface area contributed by atoms with Crippen molar-refractivity contribution in [2.75, 3.05) is 12.3 Å². The summed E-state index contributed by atoms with van der Waals surface area (Å²) < 4.78 is 1.11. The van der Waals surface area contributed by atoms with Crippen molar-refractivity contribution in [3.8, 4) is 0 Å². The van der Waals surface area contributed by atoms with E-state index >= 15 is 0 Å². The molecule has 2 aromatic rings. The fraction of sp³-hybridized carbons (Fsp3) is 0.214. The van der Waals surface area contributed by atoms with Crippen LogP contribution in [-0.4, -0.2) is 23.1 Å². The summed E-state index contributed by atoms with van der Waals surface area (Å²) in [6.07, 6.45) is 0. The monoisotopic (exact) mass is 400 g/mol. The summed E-state index contributed by atoms with van der Waals surface area (Å²) >= 11 is 6.85. The van der Waals surface area contributed by atoms with Gasteiger partial charge in [-0.1, -0.05) is 6.07 Å². The van der Waals surface area contributed by atoms with Gasteiger partial charge in [0.15, 0.2) is 0 Å². The molecule has 0 bridgehead atoms. The molecule has 0 atom stereocenters. The Balaban J connectivity index is 1.73. The van der Waals surface area contributed by atoms with Crippen molar-refractivity contribution >= 4 is 50.6 Å². The fourth-order valence-corrected chi connectivity index (χ4v) is 4.15. The van der Waals surface area contributed by atoms with Crippen LogP contribution in [0.5, 0.6) is 0 Å². The quantitative estimate of drug-likeness (QED) is 0.431. The van der Waals surface area contributed by atoms with Gasteiger partial charge in [-0.3, -0.25) is 14.9 Å². The molecule has 0 aliphatic carbocycles. The molecule has 22 heavy (non-hydrogen) atoms. The summed E-state index contributed by atoms with van der Waals surface area (Å²) in [4.78, 5) is 23.4. The second-order valence-electron chi connectivity index (χ2n) is 4.32. The maximum atomic E-state index is 11.9. The molecule has 0 radical (unpaired) electrons. The lowest BCUT2D eigenvalue weighted by molar-refractivity contribution is -0.384. The van der Waals surface area contributed by atoms with Gasteiger partial charge in [-0.2, -0.15) is 11.8 Å². The van der Waals surface area contributed by atoms with Crippen molar-refractivity contribution in [2.24, 2.45) is 0 Å². The molecule has 0 unspecified atom stereocenters. The van der Waals surface area contributed by atoms with Gasteiger partial charge in [0.05, 0.1) is 8.71 Å². The highest BCUT2D eigenvalue weighted by Crippen LogP contribution is 2.25. The van der Waals surface area contributed by atoms with Crippen LogP contribution in [0, 0.1) is 10.1 Å². The highest BCUT2D eigenvalue weighted by Gasteiger charge is 2.10. The van der Waals surface area contributed by atoms with Gasteiger partial charge in [0.2, 0.25) is 0 Å². The van der Waals surface area contributed by atoms with Gasteiger partial charge >= 0.3 is 0 Å². The molecule has 0 saturated carbocycles.